The molecule has 29 heavy (non-hydrogen) atoms. The average molecular weight is 395 g/mol. The number of nitrogens with zero attached hydrogens (tertiary/aromatic N) is 2. The summed E-state index contributed by atoms with van der Waals surface area (Å²) < 4.78 is 5.73. The number of likely N-dealkylation sites (tertiary alicyclic amines) is 1. The number of furan rings is 1. The number of nitrogens with one attached hydrogen (secondary N) is 2. The predicted octanol–water partition coefficient (Wildman–Crippen LogP) is 2.54. The molecule has 0 bridgehead atoms. The second-order valence-corrected chi connectivity index (χ2v) is 8.65. The Hall–Kier alpha value is -2.15. The molecule has 6 heteroatoms. The molecule has 3 aliphatic heterocycles. The van der Waals surface area contributed by atoms with Crippen LogP contribution in [0.3, 0.4) is 0 Å². The summed E-state index contributed by atoms with van der Waals surface area (Å²) >= 11 is 0. The Kier molecular flexibility index (Phi) is 5.16. The van der Waals surface area contributed by atoms with Crippen LogP contribution in [0.15, 0.2) is 40.8 Å². The first-order chi connectivity index (χ1) is 14.2. The molecular formula is C23H30N4O2. The molecule has 3 unspecified atom stereocenters. The molecule has 5 rings (SSSR count). The zero-order chi connectivity index (χ0) is 19.8. The van der Waals surface area contributed by atoms with Gasteiger partial charge in [0.15, 0.2) is 0 Å². The van der Waals surface area contributed by atoms with E-state index < -0.39 is 0 Å². The standard InChI is InChI=1S/C23H30N4O2/c1-16-8-9-22(29-16)20-13-21(25-24-20)23(28)27-11-4-7-19(15-27)26-12-10-17-5-2-3-6-18(17)14-26/h2-3,5-6,8-9,19-21,24-25H,4,7,10-15H2,1H3. The number of piperidine rings is 1. The summed E-state index contributed by atoms with van der Waals surface area (Å²) in [6.45, 7) is 5.74. The minimum absolute atomic E-state index is 0.0526. The van der Waals surface area contributed by atoms with Gasteiger partial charge in [-0.2, -0.15) is 0 Å². The molecule has 2 aromatic rings. The fourth-order valence-electron chi connectivity index (χ4n) is 5.05. The van der Waals surface area contributed by atoms with Crippen LogP contribution < -0.4 is 10.9 Å². The number of hydrogen-bond donors (Lipinski definition) is 2. The minimum atomic E-state index is -0.189. The van der Waals surface area contributed by atoms with Crippen LogP contribution in [0.25, 0.3) is 0 Å². The van der Waals surface area contributed by atoms with Crippen molar-refractivity contribution >= 4 is 5.91 Å². The Morgan fingerprint density at radius 1 is 1.10 bits per heavy atom. The van der Waals surface area contributed by atoms with Gasteiger partial charge in [-0.3, -0.25) is 9.69 Å². The van der Waals surface area contributed by atoms with E-state index in [0.29, 0.717) is 6.04 Å². The normalized spacial score (nSPS) is 27.8. The van der Waals surface area contributed by atoms with Gasteiger partial charge in [-0.25, -0.2) is 10.9 Å². The van der Waals surface area contributed by atoms with Crippen LogP contribution >= 0.6 is 0 Å². The second-order valence-electron chi connectivity index (χ2n) is 8.65. The lowest BCUT2D eigenvalue weighted by Crippen LogP contribution is -2.54. The molecule has 3 atom stereocenters. The summed E-state index contributed by atoms with van der Waals surface area (Å²) in [6.07, 6.45) is 4.09. The molecule has 0 aliphatic carbocycles. The first-order valence-corrected chi connectivity index (χ1v) is 10.8. The number of hydrazine groups is 1. The van der Waals surface area contributed by atoms with Crippen LogP contribution in [0.1, 0.15) is 48.0 Å². The van der Waals surface area contributed by atoms with E-state index in [0.717, 1.165) is 57.0 Å². The van der Waals surface area contributed by atoms with Gasteiger partial charge in [0.1, 0.15) is 17.6 Å². The van der Waals surface area contributed by atoms with E-state index >= 15 is 0 Å². The molecule has 6 nitrogen and oxygen atoms in total. The first kappa shape index (κ1) is 18.9. The smallest absolute Gasteiger partial charge is 0.241 e. The zero-order valence-electron chi connectivity index (χ0n) is 17.1. The highest BCUT2D eigenvalue weighted by atomic mass is 16.3. The largest absolute Gasteiger partial charge is 0.465 e. The van der Waals surface area contributed by atoms with Crippen molar-refractivity contribution in [2.24, 2.45) is 0 Å². The monoisotopic (exact) mass is 394 g/mol. The van der Waals surface area contributed by atoms with Gasteiger partial charge in [-0.05, 0) is 55.9 Å². The van der Waals surface area contributed by atoms with Gasteiger partial charge < -0.3 is 9.32 Å². The molecule has 0 radical (unpaired) electrons. The fraction of sp³-hybridized carbons (Fsp3) is 0.522. The molecule has 154 valence electrons. The van der Waals surface area contributed by atoms with Crippen molar-refractivity contribution in [2.45, 2.75) is 57.3 Å². The van der Waals surface area contributed by atoms with Crippen molar-refractivity contribution in [3.8, 4) is 0 Å². The number of fused-ring (bicyclic) bond motifs is 1. The van der Waals surface area contributed by atoms with E-state index in [9.17, 15) is 4.79 Å². The lowest BCUT2D eigenvalue weighted by molar-refractivity contribution is -0.135. The van der Waals surface area contributed by atoms with Gasteiger partial charge in [-0.15, -0.1) is 0 Å². The van der Waals surface area contributed by atoms with Gasteiger partial charge in [-0.1, -0.05) is 24.3 Å². The van der Waals surface area contributed by atoms with E-state index in [1.165, 1.54) is 17.5 Å². The maximum atomic E-state index is 13.2. The number of carbonyl (C=O) groups excluding carboxylic acids is 1. The topological polar surface area (TPSA) is 60.8 Å². The number of aryl methyl sites for hydroxylation is 1. The van der Waals surface area contributed by atoms with Crippen molar-refractivity contribution in [1.29, 1.82) is 0 Å². The summed E-state index contributed by atoms with van der Waals surface area (Å²) in [5, 5.41) is 0. The number of benzene rings is 1. The van der Waals surface area contributed by atoms with Crippen LogP contribution in [-0.2, 0) is 17.8 Å². The van der Waals surface area contributed by atoms with E-state index in [2.05, 4.69) is 44.9 Å². The number of hydrogen-bond acceptors (Lipinski definition) is 5. The van der Waals surface area contributed by atoms with Gasteiger partial charge in [0.25, 0.3) is 0 Å². The highest BCUT2D eigenvalue weighted by molar-refractivity contribution is 5.82. The highest BCUT2D eigenvalue weighted by Crippen LogP contribution is 2.27. The second kappa shape index (κ2) is 7.94. The Morgan fingerprint density at radius 2 is 1.97 bits per heavy atom. The van der Waals surface area contributed by atoms with Gasteiger partial charge in [0.05, 0.1) is 6.04 Å². The Bertz CT molecular complexity index is 879. The molecular weight excluding hydrogens is 364 g/mol. The quantitative estimate of drug-likeness (QED) is 0.838. The predicted molar refractivity (Wildman–Crippen MR) is 111 cm³/mol. The maximum Gasteiger partial charge on any atom is 0.241 e. The van der Waals surface area contributed by atoms with Crippen molar-refractivity contribution in [3.63, 3.8) is 0 Å². The van der Waals surface area contributed by atoms with Crippen LogP contribution in [0, 0.1) is 6.92 Å². The molecule has 0 saturated carbocycles. The summed E-state index contributed by atoms with van der Waals surface area (Å²) in [5.74, 6) is 2.01. The summed E-state index contributed by atoms with van der Waals surface area (Å²) in [5.41, 5.74) is 9.37. The van der Waals surface area contributed by atoms with Gasteiger partial charge >= 0.3 is 0 Å². The SMILES string of the molecule is Cc1ccc(C2CC(C(=O)N3CCCC(N4CCc5ccccc5C4)C3)NN2)o1. The minimum Gasteiger partial charge on any atom is -0.465 e. The number of carbonyl (C=O) groups is 1. The third kappa shape index (κ3) is 3.84. The van der Waals surface area contributed by atoms with Crippen molar-refractivity contribution in [2.75, 3.05) is 19.6 Å². The lowest BCUT2D eigenvalue weighted by atomic mass is 9.95. The third-order valence-corrected chi connectivity index (χ3v) is 6.69. The van der Waals surface area contributed by atoms with Crippen molar-refractivity contribution < 1.29 is 9.21 Å². The molecule has 3 aliphatic rings. The van der Waals surface area contributed by atoms with Gasteiger partial charge in [0.2, 0.25) is 5.91 Å². The Labute approximate surface area is 172 Å². The van der Waals surface area contributed by atoms with E-state index in [4.69, 9.17) is 4.42 Å². The zero-order valence-corrected chi connectivity index (χ0v) is 17.1. The summed E-state index contributed by atoms with van der Waals surface area (Å²) in [6, 6.07) is 13.0. The van der Waals surface area contributed by atoms with Crippen LogP contribution in [0.2, 0.25) is 0 Å². The third-order valence-electron chi connectivity index (χ3n) is 6.69. The van der Waals surface area contributed by atoms with Crippen LogP contribution in [0.4, 0.5) is 0 Å². The number of rotatable bonds is 3. The summed E-state index contributed by atoms with van der Waals surface area (Å²) in [4.78, 5) is 17.8. The molecule has 2 N–H and O–H groups in total. The first-order valence-electron chi connectivity index (χ1n) is 10.8. The van der Waals surface area contributed by atoms with E-state index in [1.54, 1.807) is 0 Å². The molecule has 1 aromatic heterocycles. The van der Waals surface area contributed by atoms with Crippen LogP contribution in [-0.4, -0.2) is 47.4 Å². The Balaban J connectivity index is 1.20. The fourth-order valence-corrected chi connectivity index (χ4v) is 5.05. The molecule has 4 heterocycles. The van der Waals surface area contributed by atoms with Crippen LogP contribution in [0.5, 0.6) is 0 Å². The van der Waals surface area contributed by atoms with E-state index in [1.807, 2.05) is 19.1 Å². The molecule has 1 amide bonds. The summed E-state index contributed by atoms with van der Waals surface area (Å²) in [7, 11) is 0. The number of amides is 1. The highest BCUT2D eigenvalue weighted by Gasteiger charge is 2.37. The maximum absolute atomic E-state index is 13.2. The van der Waals surface area contributed by atoms with Gasteiger partial charge in [0, 0.05) is 32.2 Å². The van der Waals surface area contributed by atoms with E-state index in [-0.39, 0.29) is 18.0 Å². The molecule has 1 aromatic carbocycles. The Morgan fingerprint density at radius 3 is 2.79 bits per heavy atom. The lowest BCUT2D eigenvalue weighted by Gasteiger charge is -2.42. The molecule has 0 spiro atoms. The van der Waals surface area contributed by atoms with Crippen molar-refractivity contribution in [3.05, 3.63) is 59.0 Å². The molecule has 2 saturated heterocycles. The van der Waals surface area contributed by atoms with Crippen molar-refractivity contribution in [1.82, 2.24) is 20.7 Å². The molecule has 2 fully saturated rings. The average Bonchev–Trinajstić information content (AvgIpc) is 3.42.